The molecule has 4 N–H and O–H groups in total. The lowest BCUT2D eigenvalue weighted by Crippen LogP contribution is -1.92. The number of fused-ring (bicyclic) bond motifs is 6. The number of allylic oxidation sites excluding steroid dienone is 2. The highest BCUT2D eigenvalue weighted by Crippen LogP contribution is 2.40. The van der Waals surface area contributed by atoms with E-state index in [1.807, 2.05) is 17.8 Å². The molecule has 0 atom stereocenters. The number of pyridine rings is 1. The van der Waals surface area contributed by atoms with E-state index in [1.54, 1.807) is 24.2 Å². The van der Waals surface area contributed by atoms with Gasteiger partial charge in [0.05, 0.1) is 0 Å². The Kier molecular flexibility index (Phi) is 7.81. The Hall–Kier alpha value is -4.80. The number of hydrogen-bond donors (Lipinski definition) is 2. The molecule has 0 bridgehead atoms. The van der Waals surface area contributed by atoms with Crippen molar-refractivity contribution in [2.45, 2.75) is 13.8 Å². The van der Waals surface area contributed by atoms with E-state index in [2.05, 4.69) is 116 Å². The smallest absolute Gasteiger partial charge is 0.0346 e. The zero-order valence-electron chi connectivity index (χ0n) is 23.8. The fourth-order valence-corrected chi connectivity index (χ4v) is 6.21. The number of hydrogen-bond acceptors (Lipinski definition) is 4. The second-order valence-electron chi connectivity index (χ2n) is 10.7. The second-order valence-corrected chi connectivity index (χ2v) is 11.5. The maximum absolute atomic E-state index is 6.19. The molecule has 0 aliphatic rings. The van der Waals surface area contributed by atoms with Gasteiger partial charge in [-0.05, 0) is 109 Å². The van der Waals surface area contributed by atoms with Gasteiger partial charge in [0, 0.05) is 36.1 Å². The molecule has 0 aliphatic carbocycles. The monoisotopic (exact) mass is 563 g/mol. The van der Waals surface area contributed by atoms with Crippen LogP contribution in [0.15, 0.2) is 133 Å². The van der Waals surface area contributed by atoms with E-state index in [0.717, 1.165) is 28.0 Å². The Morgan fingerprint density at radius 3 is 2.02 bits per heavy atom. The van der Waals surface area contributed by atoms with Crippen LogP contribution in [0.2, 0.25) is 0 Å². The SMILES string of the molecule is C/C(=C\C(=C/N)c1ccc2c3ccc(-c4cncc(C)c4)cc3c3ccc(-c4ccccc4)cc3c2c1)CS/C=C\N. The lowest BCUT2D eigenvalue weighted by Gasteiger charge is -2.15. The molecule has 1 heterocycles. The molecule has 3 nitrogen and oxygen atoms in total. The van der Waals surface area contributed by atoms with Crippen molar-refractivity contribution in [2.75, 3.05) is 5.75 Å². The normalized spacial score (nSPS) is 12.6. The van der Waals surface area contributed by atoms with Crippen LogP contribution < -0.4 is 11.5 Å². The first kappa shape index (κ1) is 27.4. The van der Waals surface area contributed by atoms with Crippen LogP contribution in [-0.4, -0.2) is 10.7 Å². The van der Waals surface area contributed by atoms with Crippen LogP contribution in [0, 0.1) is 6.92 Å². The quantitative estimate of drug-likeness (QED) is 0.150. The first-order valence-electron chi connectivity index (χ1n) is 14.0. The van der Waals surface area contributed by atoms with Gasteiger partial charge in [-0.1, -0.05) is 78.4 Å². The fraction of sp³-hybridized carbons (Fsp3) is 0.0789. The van der Waals surface area contributed by atoms with Crippen LogP contribution in [0.4, 0.5) is 0 Å². The molecule has 0 fully saturated rings. The van der Waals surface area contributed by atoms with E-state index >= 15 is 0 Å². The first-order valence-corrected chi connectivity index (χ1v) is 15.1. The number of rotatable bonds is 7. The number of thioether (sulfide) groups is 1. The Labute approximate surface area is 251 Å². The first-order chi connectivity index (χ1) is 20.6. The summed E-state index contributed by atoms with van der Waals surface area (Å²) >= 11 is 1.67. The van der Waals surface area contributed by atoms with Crippen molar-refractivity contribution in [1.82, 2.24) is 4.98 Å². The summed E-state index contributed by atoms with van der Waals surface area (Å²) in [6, 6.07) is 33.1. The van der Waals surface area contributed by atoms with Gasteiger partial charge in [0.25, 0.3) is 0 Å². The Morgan fingerprint density at radius 2 is 1.33 bits per heavy atom. The minimum Gasteiger partial charge on any atom is -0.404 e. The molecule has 1 aromatic heterocycles. The molecule has 6 aromatic rings. The molecule has 0 aliphatic heterocycles. The van der Waals surface area contributed by atoms with E-state index in [1.165, 1.54) is 54.6 Å². The topological polar surface area (TPSA) is 64.9 Å². The van der Waals surface area contributed by atoms with Crippen molar-refractivity contribution in [2.24, 2.45) is 11.5 Å². The Morgan fingerprint density at radius 1 is 0.690 bits per heavy atom. The fourth-order valence-electron chi connectivity index (χ4n) is 5.66. The van der Waals surface area contributed by atoms with E-state index in [9.17, 15) is 0 Å². The van der Waals surface area contributed by atoms with Gasteiger partial charge < -0.3 is 11.5 Å². The highest BCUT2D eigenvalue weighted by atomic mass is 32.2. The lowest BCUT2D eigenvalue weighted by molar-refractivity contribution is 1.27. The molecule has 0 amide bonds. The van der Waals surface area contributed by atoms with Gasteiger partial charge in [-0.3, -0.25) is 4.98 Å². The average molecular weight is 564 g/mol. The van der Waals surface area contributed by atoms with Crippen molar-refractivity contribution in [3.05, 3.63) is 144 Å². The van der Waals surface area contributed by atoms with Crippen LogP contribution in [0.25, 0.3) is 60.1 Å². The summed E-state index contributed by atoms with van der Waals surface area (Å²) in [5.41, 5.74) is 20.9. The van der Waals surface area contributed by atoms with Gasteiger partial charge in [0.15, 0.2) is 0 Å². The lowest BCUT2D eigenvalue weighted by atomic mass is 9.89. The zero-order chi connectivity index (χ0) is 29.1. The van der Waals surface area contributed by atoms with Crippen molar-refractivity contribution in [1.29, 1.82) is 0 Å². The molecular weight excluding hydrogens is 531 g/mol. The largest absolute Gasteiger partial charge is 0.404 e. The highest BCUT2D eigenvalue weighted by Gasteiger charge is 2.13. The van der Waals surface area contributed by atoms with Crippen molar-refractivity contribution in [3.8, 4) is 22.3 Å². The summed E-state index contributed by atoms with van der Waals surface area (Å²) in [5.74, 6) is 0.853. The molecule has 0 radical (unpaired) electrons. The zero-order valence-corrected chi connectivity index (χ0v) is 24.7. The van der Waals surface area contributed by atoms with E-state index in [-0.39, 0.29) is 0 Å². The number of nitrogens with zero attached hydrogens (tertiary/aromatic N) is 1. The molecular formula is C38H33N3S. The summed E-state index contributed by atoms with van der Waals surface area (Å²) < 4.78 is 0. The summed E-state index contributed by atoms with van der Waals surface area (Å²) in [5, 5.41) is 9.26. The van der Waals surface area contributed by atoms with Crippen LogP contribution in [0.1, 0.15) is 18.1 Å². The highest BCUT2D eigenvalue weighted by molar-refractivity contribution is 8.02. The van der Waals surface area contributed by atoms with E-state index in [4.69, 9.17) is 11.5 Å². The van der Waals surface area contributed by atoms with Crippen LogP contribution in [0.5, 0.6) is 0 Å². The predicted molar refractivity (Wildman–Crippen MR) is 184 cm³/mol. The standard InChI is InChI=1S/C38H33N3S/c1-25-16-32(23-41-22-25)30-10-12-33-34-11-9-29(31(21-40)17-26(2)24-42-15-14-39)19-37(34)38-18-28(27-6-4-3-5-7-27)8-13-35(38)36(33)20-30/h3-23H,24,39-40H2,1-2H3/b15-14-,26-17+,31-21+. The maximum Gasteiger partial charge on any atom is 0.0346 e. The van der Waals surface area contributed by atoms with E-state index in [0.29, 0.717) is 0 Å². The molecule has 0 unspecified atom stereocenters. The minimum atomic E-state index is 0.853. The molecule has 0 saturated carbocycles. The molecule has 206 valence electrons. The number of nitrogens with two attached hydrogens (primary N) is 2. The molecule has 4 heteroatoms. The molecule has 42 heavy (non-hydrogen) atoms. The maximum atomic E-state index is 6.19. The van der Waals surface area contributed by atoms with Crippen molar-refractivity contribution in [3.63, 3.8) is 0 Å². The summed E-state index contributed by atoms with van der Waals surface area (Å²) in [7, 11) is 0. The van der Waals surface area contributed by atoms with Crippen LogP contribution >= 0.6 is 11.8 Å². The third-order valence-electron chi connectivity index (χ3n) is 7.65. The number of benzene rings is 5. The number of aromatic nitrogens is 1. The van der Waals surface area contributed by atoms with Gasteiger partial charge in [0.2, 0.25) is 0 Å². The third kappa shape index (κ3) is 5.41. The minimum absolute atomic E-state index is 0.853. The van der Waals surface area contributed by atoms with Gasteiger partial charge in [-0.15, -0.1) is 11.8 Å². The van der Waals surface area contributed by atoms with Gasteiger partial charge in [-0.25, -0.2) is 0 Å². The third-order valence-corrected chi connectivity index (χ3v) is 8.62. The summed E-state index contributed by atoms with van der Waals surface area (Å²) in [6.07, 6.45) is 9.28. The van der Waals surface area contributed by atoms with Gasteiger partial charge >= 0.3 is 0 Å². The summed E-state index contributed by atoms with van der Waals surface area (Å²) in [6.45, 7) is 4.21. The molecule has 0 spiro atoms. The van der Waals surface area contributed by atoms with E-state index < -0.39 is 0 Å². The summed E-state index contributed by atoms with van der Waals surface area (Å²) in [4.78, 5) is 4.44. The van der Waals surface area contributed by atoms with Crippen molar-refractivity contribution < 1.29 is 0 Å². The predicted octanol–water partition coefficient (Wildman–Crippen LogP) is 9.59. The van der Waals surface area contributed by atoms with Crippen molar-refractivity contribution >= 4 is 49.7 Å². The molecule has 0 saturated heterocycles. The van der Waals surface area contributed by atoms with Gasteiger partial charge in [0.1, 0.15) is 0 Å². The van der Waals surface area contributed by atoms with Gasteiger partial charge in [-0.2, -0.15) is 0 Å². The van der Waals surface area contributed by atoms with Crippen LogP contribution in [0.3, 0.4) is 0 Å². The van der Waals surface area contributed by atoms with Crippen LogP contribution in [-0.2, 0) is 0 Å². The Bertz CT molecular complexity index is 2020. The second kappa shape index (κ2) is 12.0. The average Bonchev–Trinajstić information content (AvgIpc) is 3.03. The Balaban J connectivity index is 1.59. The molecule has 6 rings (SSSR count). The molecule has 5 aromatic carbocycles. The number of aryl methyl sites for hydroxylation is 1.